The van der Waals surface area contributed by atoms with Gasteiger partial charge in [0, 0.05) is 11.6 Å². The number of carbonyl (C=O) groups is 2. The second-order valence-electron chi connectivity index (χ2n) is 5.02. The zero-order chi connectivity index (χ0) is 19.6. The van der Waals surface area contributed by atoms with E-state index in [-0.39, 0.29) is 12.3 Å². The Balaban J connectivity index is 1.77. The highest BCUT2D eigenvalue weighted by molar-refractivity contribution is 5.94. The Hall–Kier alpha value is -3.95. The molecule has 10 heteroatoms. The average Bonchev–Trinajstić information content (AvgIpc) is 3.14. The maximum absolute atomic E-state index is 11.7. The van der Waals surface area contributed by atoms with Gasteiger partial charge in [0.15, 0.2) is 5.76 Å². The van der Waals surface area contributed by atoms with Crippen LogP contribution in [0.4, 0.5) is 5.88 Å². The molecular weight excluding hydrogens is 356 g/mol. The van der Waals surface area contributed by atoms with Crippen molar-refractivity contribution in [3.05, 3.63) is 63.9 Å². The van der Waals surface area contributed by atoms with Crippen LogP contribution >= 0.6 is 0 Å². The molecule has 1 aromatic heterocycles. The summed E-state index contributed by atoms with van der Waals surface area (Å²) in [6, 6.07) is 9.65. The molecule has 0 aliphatic carbocycles. The molecule has 0 atom stereocenters. The molecule has 2 aromatic rings. The molecule has 0 unspecified atom stereocenters. The van der Waals surface area contributed by atoms with E-state index in [1.165, 1.54) is 19.3 Å². The Morgan fingerprint density at radius 2 is 2.07 bits per heavy atom. The number of ether oxygens (including phenoxy) is 1. The first-order valence-corrected chi connectivity index (χ1v) is 7.64. The van der Waals surface area contributed by atoms with Gasteiger partial charge in [0.2, 0.25) is 5.91 Å². The number of nitrogens with one attached hydrogen (secondary N) is 2. The van der Waals surface area contributed by atoms with Crippen LogP contribution in [0.5, 0.6) is 5.75 Å². The quantitative estimate of drug-likeness (QED) is 0.312. The van der Waals surface area contributed by atoms with Crippen LogP contribution in [-0.4, -0.2) is 36.6 Å². The number of nitro groups is 1. The smallest absolute Gasteiger partial charge is 0.433 e. The van der Waals surface area contributed by atoms with E-state index in [0.717, 1.165) is 17.8 Å². The van der Waals surface area contributed by atoms with Crippen molar-refractivity contribution < 1.29 is 23.7 Å². The summed E-state index contributed by atoms with van der Waals surface area (Å²) in [5, 5.41) is 16.4. The van der Waals surface area contributed by atoms with Gasteiger partial charge in [-0.1, -0.05) is 18.2 Å². The van der Waals surface area contributed by atoms with Gasteiger partial charge in [-0.05, 0) is 18.2 Å². The van der Waals surface area contributed by atoms with Crippen molar-refractivity contribution in [2.75, 3.05) is 13.7 Å². The number of furan rings is 1. The van der Waals surface area contributed by atoms with Crippen LogP contribution in [0.15, 0.2) is 52.0 Å². The van der Waals surface area contributed by atoms with Crippen molar-refractivity contribution in [1.29, 1.82) is 0 Å². The number of hydrazone groups is 1. The van der Waals surface area contributed by atoms with Gasteiger partial charge in [-0.3, -0.25) is 19.7 Å². The molecule has 0 saturated heterocycles. The average molecular weight is 372 g/mol. The van der Waals surface area contributed by atoms with Crippen molar-refractivity contribution in [1.82, 2.24) is 10.7 Å². The number of hydrogen-bond acceptors (Lipinski definition) is 7. The summed E-state index contributed by atoms with van der Waals surface area (Å²) in [6.45, 7) is -0.301. The van der Waals surface area contributed by atoms with Crippen LogP contribution in [0.2, 0.25) is 0 Å². The van der Waals surface area contributed by atoms with E-state index in [4.69, 9.17) is 9.15 Å². The van der Waals surface area contributed by atoms with E-state index in [1.807, 2.05) is 6.07 Å². The highest BCUT2D eigenvalue weighted by atomic mass is 16.6. The lowest BCUT2D eigenvalue weighted by Crippen LogP contribution is -2.34. The summed E-state index contributed by atoms with van der Waals surface area (Å²) in [5.41, 5.74) is 2.88. The Morgan fingerprint density at radius 1 is 1.30 bits per heavy atom. The van der Waals surface area contributed by atoms with Gasteiger partial charge >= 0.3 is 5.88 Å². The third-order valence-corrected chi connectivity index (χ3v) is 3.15. The third kappa shape index (κ3) is 6.12. The molecule has 27 heavy (non-hydrogen) atoms. The van der Waals surface area contributed by atoms with Crippen LogP contribution in [0.1, 0.15) is 11.3 Å². The summed E-state index contributed by atoms with van der Waals surface area (Å²) >= 11 is 0. The van der Waals surface area contributed by atoms with Gasteiger partial charge in [-0.15, -0.1) is 0 Å². The van der Waals surface area contributed by atoms with Crippen molar-refractivity contribution in [2.45, 2.75) is 0 Å². The molecule has 0 spiro atoms. The fourth-order valence-electron chi connectivity index (χ4n) is 1.91. The first-order valence-electron chi connectivity index (χ1n) is 7.64. The van der Waals surface area contributed by atoms with Crippen molar-refractivity contribution in [3.63, 3.8) is 0 Å². The molecule has 10 nitrogen and oxygen atoms in total. The molecule has 2 N–H and O–H groups in total. The second kappa shape index (κ2) is 9.51. The van der Waals surface area contributed by atoms with Crippen LogP contribution in [0.25, 0.3) is 6.08 Å². The summed E-state index contributed by atoms with van der Waals surface area (Å²) in [4.78, 5) is 33.1. The van der Waals surface area contributed by atoms with E-state index in [9.17, 15) is 19.7 Å². The van der Waals surface area contributed by atoms with Gasteiger partial charge < -0.3 is 14.5 Å². The predicted molar refractivity (Wildman–Crippen MR) is 96.1 cm³/mol. The topological polar surface area (TPSA) is 136 Å². The lowest BCUT2D eigenvalue weighted by atomic mass is 10.2. The Bertz CT molecular complexity index is 887. The molecule has 0 aliphatic heterocycles. The largest absolute Gasteiger partial charge is 0.496 e. The maximum Gasteiger partial charge on any atom is 0.433 e. The van der Waals surface area contributed by atoms with Crippen LogP contribution in [0, 0.1) is 10.1 Å². The monoisotopic (exact) mass is 372 g/mol. The van der Waals surface area contributed by atoms with Crippen molar-refractivity contribution in [2.24, 2.45) is 5.10 Å². The first kappa shape index (κ1) is 19.4. The number of carbonyl (C=O) groups excluding carboxylic acids is 2. The van der Waals surface area contributed by atoms with Gasteiger partial charge in [0.25, 0.3) is 5.91 Å². The lowest BCUT2D eigenvalue weighted by molar-refractivity contribution is -0.402. The highest BCUT2D eigenvalue weighted by Gasteiger charge is 2.10. The summed E-state index contributed by atoms with van der Waals surface area (Å²) in [6.07, 6.45) is 3.94. The molecule has 0 aliphatic rings. The SMILES string of the molecule is COc1ccccc1/C=C/C(=O)NCC(=O)N/N=C/c1ccc([N+](=O)[O-])o1. The number of nitrogens with zero attached hydrogens (tertiary/aromatic N) is 2. The van der Waals surface area contributed by atoms with E-state index >= 15 is 0 Å². The minimum Gasteiger partial charge on any atom is -0.496 e. The van der Waals surface area contributed by atoms with Gasteiger partial charge in [-0.25, -0.2) is 5.43 Å². The van der Waals surface area contributed by atoms with E-state index in [2.05, 4.69) is 15.8 Å². The zero-order valence-corrected chi connectivity index (χ0v) is 14.2. The fraction of sp³-hybridized carbons (Fsp3) is 0.118. The van der Waals surface area contributed by atoms with Gasteiger partial charge in [0.1, 0.15) is 10.7 Å². The van der Waals surface area contributed by atoms with Crippen molar-refractivity contribution in [3.8, 4) is 5.75 Å². The van der Waals surface area contributed by atoms with E-state index in [1.54, 1.807) is 24.3 Å². The highest BCUT2D eigenvalue weighted by Crippen LogP contribution is 2.18. The molecule has 0 radical (unpaired) electrons. The number of hydrogen-bond donors (Lipinski definition) is 2. The maximum atomic E-state index is 11.7. The van der Waals surface area contributed by atoms with Crippen LogP contribution in [0.3, 0.4) is 0 Å². The summed E-state index contributed by atoms with van der Waals surface area (Å²) < 4.78 is 9.99. The van der Waals surface area contributed by atoms with Crippen LogP contribution < -0.4 is 15.5 Å². The minimum atomic E-state index is -0.690. The molecule has 2 rings (SSSR count). The summed E-state index contributed by atoms with van der Waals surface area (Å²) in [7, 11) is 1.53. The zero-order valence-electron chi connectivity index (χ0n) is 14.2. The molecule has 0 bridgehead atoms. The number of amides is 2. The van der Waals surface area contributed by atoms with Crippen molar-refractivity contribution >= 4 is 30.0 Å². The Morgan fingerprint density at radius 3 is 2.78 bits per heavy atom. The first-order chi connectivity index (χ1) is 13.0. The lowest BCUT2D eigenvalue weighted by Gasteiger charge is -2.03. The number of benzene rings is 1. The molecule has 0 saturated carbocycles. The molecular formula is C17H16N4O6. The van der Waals surface area contributed by atoms with Crippen LogP contribution in [-0.2, 0) is 9.59 Å². The number of para-hydroxylation sites is 1. The van der Waals surface area contributed by atoms with E-state index < -0.39 is 22.6 Å². The van der Waals surface area contributed by atoms with Gasteiger partial charge in [0.05, 0.1) is 25.9 Å². The Labute approximate surface area is 153 Å². The molecule has 0 fully saturated rings. The normalized spacial score (nSPS) is 10.9. The predicted octanol–water partition coefficient (Wildman–Crippen LogP) is 1.48. The molecule has 2 amide bonds. The fourth-order valence-corrected chi connectivity index (χ4v) is 1.91. The van der Waals surface area contributed by atoms with Gasteiger partial charge in [-0.2, -0.15) is 5.10 Å². The Kier molecular flexibility index (Phi) is 6.83. The second-order valence-corrected chi connectivity index (χ2v) is 5.02. The minimum absolute atomic E-state index is 0.103. The molecule has 1 heterocycles. The third-order valence-electron chi connectivity index (χ3n) is 3.15. The molecule has 1 aromatic carbocycles. The molecule has 140 valence electrons. The summed E-state index contributed by atoms with van der Waals surface area (Å²) in [5.74, 6) is -0.762. The standard InChI is InChI=1S/C17H16N4O6/c1-26-14-5-3-2-4-12(14)6-8-15(22)18-11-16(23)20-19-10-13-7-9-17(27-13)21(24)25/h2-10H,11H2,1H3,(H,18,22)(H,20,23)/b8-6+,19-10+. The van der Waals surface area contributed by atoms with E-state index in [0.29, 0.717) is 5.75 Å². The number of rotatable bonds is 8. The number of methoxy groups -OCH3 is 1.